The van der Waals surface area contributed by atoms with Gasteiger partial charge in [0.15, 0.2) is 5.78 Å². The number of carbonyl (C=O) groups excluding carboxylic acids is 5. The number of methoxy groups -OCH3 is 3. The average Bonchev–Trinajstić information content (AvgIpc) is 3.35. The zero-order valence-corrected chi connectivity index (χ0v) is 44.3. The van der Waals surface area contributed by atoms with Gasteiger partial charge < -0.3 is 53.4 Å². The summed E-state index contributed by atoms with van der Waals surface area (Å²) in [5, 5.41) is 32.5. The van der Waals surface area contributed by atoms with Crippen molar-refractivity contribution in [2.24, 2.45) is 35.5 Å². The fourth-order valence-electron chi connectivity index (χ4n) is 10.7. The van der Waals surface area contributed by atoms with Crippen molar-refractivity contribution in [1.82, 2.24) is 4.90 Å². The smallest absolute Gasteiger partial charge is 0.329 e. The molecule has 3 fully saturated rings. The number of aliphatic hydroxyl groups is 3. The zero-order valence-electron chi connectivity index (χ0n) is 44.3. The summed E-state index contributed by atoms with van der Waals surface area (Å²) in [5.74, 6) is -7.99. The monoisotopic (exact) mass is 1000 g/mol. The summed E-state index contributed by atoms with van der Waals surface area (Å²) in [7, 11) is 4.60. The van der Waals surface area contributed by atoms with E-state index in [-0.39, 0.29) is 74.1 Å². The van der Waals surface area contributed by atoms with Crippen LogP contribution < -0.4 is 0 Å². The Morgan fingerprint density at radius 2 is 1.58 bits per heavy atom. The van der Waals surface area contributed by atoms with Crippen LogP contribution in [0.2, 0.25) is 0 Å². The van der Waals surface area contributed by atoms with Gasteiger partial charge in [-0.15, -0.1) is 0 Å². The molecule has 2 saturated heterocycles. The number of fused-ring (bicyclic) bond motifs is 3. The molecule has 0 radical (unpaired) electrons. The summed E-state index contributed by atoms with van der Waals surface area (Å²) in [6.07, 6.45) is 12.0. The van der Waals surface area contributed by atoms with Crippen molar-refractivity contribution < 1.29 is 72.5 Å². The molecule has 16 heteroatoms. The molecule has 2 bridgehead atoms. The topological polar surface area (TPSA) is 214 Å². The summed E-state index contributed by atoms with van der Waals surface area (Å²) >= 11 is 0. The second-order valence-electron chi connectivity index (χ2n) is 20.8. The number of hydrogen-bond donors (Lipinski definition) is 3. The summed E-state index contributed by atoms with van der Waals surface area (Å²) in [4.78, 5) is 72.4. The predicted octanol–water partition coefficient (Wildman–Crippen LogP) is 6.21. The first-order chi connectivity index (χ1) is 33.8. The molecule has 15 atom stereocenters. The summed E-state index contributed by atoms with van der Waals surface area (Å²) in [6.45, 7) is 13.6. The van der Waals surface area contributed by atoms with Gasteiger partial charge in [-0.1, -0.05) is 71.1 Å². The van der Waals surface area contributed by atoms with Crippen LogP contribution in [0.25, 0.3) is 0 Å². The van der Waals surface area contributed by atoms with Gasteiger partial charge in [0.05, 0.1) is 50.8 Å². The molecule has 1 amide bonds. The largest absolute Gasteiger partial charge is 0.460 e. The molecule has 402 valence electrons. The third kappa shape index (κ3) is 17.0. The number of nitrogens with zero attached hydrogens (tertiary/aromatic N) is 1. The lowest BCUT2D eigenvalue weighted by molar-refractivity contribution is -0.265. The van der Waals surface area contributed by atoms with Crippen LogP contribution in [0.1, 0.15) is 126 Å². The third-order valence-corrected chi connectivity index (χ3v) is 15.2. The van der Waals surface area contributed by atoms with Crippen LogP contribution >= 0.6 is 0 Å². The SMILES string of the molecule is CO[C@H]1C[C@@H]2CC[C@@H](C)[C@@](O)(O2)C(=O)C(=O)N2CCCC[C@H]2C(=O)O[C@H]([C@H](C)C[C@H]2CC[C@@H](OCCOCCO)[C@H](OC)C2)CC(=O)[C@H](C)/C=C(\C)[C@@H](O)[C@@H](OC)C(=O)[C@H](C)C[C@H](C)\C=C/C=C/C=C/1C. The highest BCUT2D eigenvalue weighted by atomic mass is 16.6. The van der Waals surface area contributed by atoms with E-state index in [0.29, 0.717) is 76.6 Å². The van der Waals surface area contributed by atoms with E-state index >= 15 is 0 Å². The van der Waals surface area contributed by atoms with Crippen LogP contribution in [-0.2, 0) is 57.1 Å². The van der Waals surface area contributed by atoms with E-state index < -0.39 is 77.8 Å². The van der Waals surface area contributed by atoms with Gasteiger partial charge >= 0.3 is 5.97 Å². The highest BCUT2D eigenvalue weighted by Gasteiger charge is 2.53. The number of aliphatic hydroxyl groups excluding tert-OH is 2. The van der Waals surface area contributed by atoms with E-state index in [1.807, 2.05) is 58.1 Å². The number of allylic oxidation sites excluding steroid dienone is 6. The van der Waals surface area contributed by atoms with Crippen molar-refractivity contribution in [3.63, 3.8) is 0 Å². The molecule has 16 nitrogen and oxygen atoms in total. The lowest BCUT2D eigenvalue weighted by atomic mass is 9.78. The number of carbonyl (C=O) groups is 5. The Morgan fingerprint density at radius 3 is 2.27 bits per heavy atom. The normalized spacial score (nSPS) is 38.0. The van der Waals surface area contributed by atoms with E-state index in [2.05, 4.69) is 0 Å². The van der Waals surface area contributed by atoms with Crippen LogP contribution in [-0.4, -0.2) is 158 Å². The number of ether oxygens (including phenoxy) is 7. The fraction of sp³-hybridized carbons (Fsp3) is 0.764. The molecule has 0 unspecified atom stereocenters. The molecule has 3 N–H and O–H groups in total. The van der Waals surface area contributed by atoms with E-state index in [0.717, 1.165) is 12.0 Å². The number of hydrogen-bond acceptors (Lipinski definition) is 15. The minimum absolute atomic E-state index is 0.0129. The molecule has 3 aliphatic heterocycles. The molecular weight excluding hydrogens is 915 g/mol. The van der Waals surface area contributed by atoms with Gasteiger partial charge in [0.1, 0.15) is 30.1 Å². The Kier molecular flexibility index (Phi) is 24.9. The Balaban J connectivity index is 1.67. The molecule has 0 aromatic rings. The van der Waals surface area contributed by atoms with Crippen molar-refractivity contribution in [1.29, 1.82) is 0 Å². The first-order valence-electron chi connectivity index (χ1n) is 26.1. The highest BCUT2D eigenvalue weighted by molar-refractivity contribution is 6.39. The van der Waals surface area contributed by atoms with Crippen molar-refractivity contribution in [3.05, 3.63) is 47.6 Å². The van der Waals surface area contributed by atoms with Crippen LogP contribution in [0.3, 0.4) is 0 Å². The predicted molar refractivity (Wildman–Crippen MR) is 267 cm³/mol. The van der Waals surface area contributed by atoms with Gasteiger partial charge in [0.2, 0.25) is 5.79 Å². The number of cyclic esters (lactones) is 1. The molecule has 71 heavy (non-hydrogen) atoms. The van der Waals surface area contributed by atoms with Crippen LogP contribution in [0.15, 0.2) is 47.6 Å². The van der Waals surface area contributed by atoms with Gasteiger partial charge in [-0.2, -0.15) is 0 Å². The Labute approximate surface area is 422 Å². The second-order valence-corrected chi connectivity index (χ2v) is 20.8. The van der Waals surface area contributed by atoms with Gasteiger partial charge in [-0.25, -0.2) is 4.79 Å². The van der Waals surface area contributed by atoms with Gasteiger partial charge in [0.25, 0.3) is 11.7 Å². The minimum Gasteiger partial charge on any atom is -0.460 e. The zero-order chi connectivity index (χ0) is 52.4. The van der Waals surface area contributed by atoms with Gasteiger partial charge in [0, 0.05) is 58.5 Å². The maximum Gasteiger partial charge on any atom is 0.329 e. The number of ketones is 3. The average molecular weight is 1000 g/mol. The molecule has 4 aliphatic rings. The maximum atomic E-state index is 14.5. The first-order valence-corrected chi connectivity index (χ1v) is 26.1. The van der Waals surface area contributed by atoms with Crippen molar-refractivity contribution in [2.75, 3.05) is 54.3 Å². The molecule has 1 saturated carbocycles. The molecule has 1 aliphatic carbocycles. The lowest BCUT2D eigenvalue weighted by Gasteiger charge is -2.42. The van der Waals surface area contributed by atoms with Crippen molar-refractivity contribution >= 4 is 29.2 Å². The second kappa shape index (κ2) is 29.4. The molecule has 0 spiro atoms. The third-order valence-electron chi connectivity index (χ3n) is 15.2. The van der Waals surface area contributed by atoms with Gasteiger partial charge in [-0.05, 0) is 107 Å². The Bertz CT molecular complexity index is 1860. The molecule has 4 rings (SSSR count). The molecule has 0 aromatic carbocycles. The van der Waals surface area contributed by atoms with Crippen LogP contribution in [0.5, 0.6) is 0 Å². The Hall–Kier alpha value is -3.45. The highest BCUT2D eigenvalue weighted by Crippen LogP contribution is 2.38. The van der Waals surface area contributed by atoms with E-state index in [1.54, 1.807) is 41.1 Å². The first kappa shape index (κ1) is 60.1. The van der Waals surface area contributed by atoms with Crippen molar-refractivity contribution in [2.45, 2.75) is 180 Å². The maximum absolute atomic E-state index is 14.5. The molecule has 0 aromatic heterocycles. The number of esters is 1. The lowest BCUT2D eigenvalue weighted by Crippen LogP contribution is -2.61. The molecule has 3 heterocycles. The van der Waals surface area contributed by atoms with Crippen LogP contribution in [0.4, 0.5) is 0 Å². The van der Waals surface area contributed by atoms with Gasteiger partial charge in [-0.3, -0.25) is 19.2 Å². The van der Waals surface area contributed by atoms with Crippen LogP contribution in [0, 0.1) is 35.5 Å². The van der Waals surface area contributed by atoms with E-state index in [9.17, 15) is 34.2 Å². The number of amides is 1. The Morgan fingerprint density at radius 1 is 0.831 bits per heavy atom. The quantitative estimate of drug-likeness (QED) is 0.0858. The van der Waals surface area contributed by atoms with E-state index in [1.165, 1.54) is 12.0 Å². The number of Topliss-reactive ketones (excluding diaryl/α,β-unsaturated/α-hetero) is 3. The number of piperidine rings is 1. The standard InChI is InChI=1S/C55H87NO15/c1-34-16-12-11-13-17-35(2)46(65-8)32-42-21-19-40(7)55(64,71-42)52(61)53(62)56-23-15-14-18-43(56)54(63)70-47(33-44(58)36(3)29-39(6)50(60)51(67-10)49(59)38(5)28-34)37(4)30-41-20-22-45(48(31-41)66-9)69-27-26-68-25-24-57/h11-13,16-17,29,34,36-38,40-43,45-48,50-51,57,60,64H,14-15,18-28,30-33H2,1-10H3/b13-11+,16-12-,35-17+,39-29+/t34-,36-,37-,38-,40-,41-,42+,43+,45-,46+,47+,48-,50-,51+,55-/m1/s1. The molecular formula is C55H87NO15. The summed E-state index contributed by atoms with van der Waals surface area (Å²) in [6, 6.07) is -1.15. The fourth-order valence-corrected chi connectivity index (χ4v) is 10.7. The van der Waals surface area contributed by atoms with Crippen molar-refractivity contribution in [3.8, 4) is 0 Å². The summed E-state index contributed by atoms with van der Waals surface area (Å²) < 4.78 is 41.3. The summed E-state index contributed by atoms with van der Waals surface area (Å²) in [5.41, 5.74) is 1.26. The van der Waals surface area contributed by atoms with E-state index in [4.69, 9.17) is 38.3 Å². The number of rotatable bonds is 12. The minimum atomic E-state index is -2.44.